The molecule has 0 bridgehead atoms. The number of nitrogens with one attached hydrogen (secondary N) is 2. The molecule has 172 valence electrons. The number of hydrogen-bond donors (Lipinski definition) is 2. The van der Waals surface area contributed by atoms with E-state index in [2.05, 4.69) is 45.9 Å². The van der Waals surface area contributed by atoms with E-state index in [0.29, 0.717) is 12.2 Å². The number of ketones is 1. The van der Waals surface area contributed by atoms with Gasteiger partial charge in [0.15, 0.2) is 17.3 Å². The monoisotopic (exact) mass is 453 g/mol. The molecule has 0 spiro atoms. The van der Waals surface area contributed by atoms with Gasteiger partial charge >= 0.3 is 0 Å². The summed E-state index contributed by atoms with van der Waals surface area (Å²) in [6, 6.07) is 22.3. The van der Waals surface area contributed by atoms with Crippen LogP contribution in [0.5, 0.6) is 11.5 Å². The molecule has 2 N–H and O–H groups in total. The van der Waals surface area contributed by atoms with E-state index in [1.807, 2.05) is 50.5 Å². The van der Waals surface area contributed by atoms with Crippen LogP contribution in [-0.2, 0) is 4.79 Å². The van der Waals surface area contributed by atoms with Crippen molar-refractivity contribution < 1.29 is 14.3 Å². The summed E-state index contributed by atoms with van der Waals surface area (Å²) >= 11 is 0. The molecule has 0 fully saturated rings. The van der Waals surface area contributed by atoms with Crippen LogP contribution in [0.3, 0.4) is 0 Å². The van der Waals surface area contributed by atoms with Crippen molar-refractivity contribution in [2.24, 2.45) is 0 Å². The van der Waals surface area contributed by atoms with E-state index in [0.717, 1.165) is 46.1 Å². The number of fused-ring (bicyclic) bond motifs is 2. The van der Waals surface area contributed by atoms with E-state index < -0.39 is 0 Å². The predicted molar refractivity (Wildman–Crippen MR) is 134 cm³/mol. The number of benzene rings is 3. The Bertz CT molecular complexity index is 1300. The van der Waals surface area contributed by atoms with E-state index >= 15 is 0 Å². The van der Waals surface area contributed by atoms with Crippen molar-refractivity contribution >= 4 is 22.8 Å². The average molecular weight is 454 g/mol. The highest BCUT2D eigenvalue weighted by molar-refractivity contribution is 6.01. The number of rotatable bonds is 3. The van der Waals surface area contributed by atoms with Gasteiger partial charge in [-0.2, -0.15) is 0 Å². The molecular weight excluding hydrogens is 426 g/mol. The van der Waals surface area contributed by atoms with Crippen LogP contribution < -0.4 is 25.0 Å². The lowest BCUT2D eigenvalue weighted by Gasteiger charge is -2.30. The van der Waals surface area contributed by atoms with E-state index in [4.69, 9.17) is 9.47 Å². The lowest BCUT2D eigenvalue weighted by Crippen LogP contribution is -2.26. The van der Waals surface area contributed by atoms with Crippen molar-refractivity contribution in [1.29, 1.82) is 0 Å². The van der Waals surface area contributed by atoms with Crippen molar-refractivity contribution in [3.8, 4) is 11.5 Å². The first-order valence-corrected chi connectivity index (χ1v) is 11.6. The highest BCUT2D eigenvalue weighted by atomic mass is 16.7. The van der Waals surface area contributed by atoms with Crippen LogP contribution in [0, 0.1) is 0 Å². The van der Waals surface area contributed by atoms with Gasteiger partial charge in [-0.05, 0) is 59.9 Å². The Morgan fingerprint density at radius 1 is 0.853 bits per heavy atom. The zero-order chi connectivity index (χ0) is 23.2. The van der Waals surface area contributed by atoms with Gasteiger partial charge < -0.3 is 25.0 Å². The zero-order valence-electron chi connectivity index (χ0n) is 19.3. The van der Waals surface area contributed by atoms with Crippen molar-refractivity contribution in [3.63, 3.8) is 0 Å². The zero-order valence-corrected chi connectivity index (χ0v) is 19.3. The largest absolute Gasteiger partial charge is 0.454 e. The van der Waals surface area contributed by atoms with Crippen LogP contribution in [-0.4, -0.2) is 26.7 Å². The summed E-state index contributed by atoms with van der Waals surface area (Å²) in [5.41, 5.74) is 7.07. The molecule has 34 heavy (non-hydrogen) atoms. The number of anilines is 3. The summed E-state index contributed by atoms with van der Waals surface area (Å²) < 4.78 is 11.1. The molecule has 0 aromatic heterocycles. The van der Waals surface area contributed by atoms with Crippen LogP contribution in [0.1, 0.15) is 35.9 Å². The minimum Gasteiger partial charge on any atom is -0.454 e. The molecule has 0 unspecified atom stereocenters. The first kappa shape index (κ1) is 20.7. The van der Waals surface area contributed by atoms with Gasteiger partial charge in [0.2, 0.25) is 6.79 Å². The number of hydrogen-bond acceptors (Lipinski definition) is 6. The maximum Gasteiger partial charge on any atom is 0.231 e. The molecular formula is C28H27N3O3. The van der Waals surface area contributed by atoms with E-state index in [1.165, 1.54) is 5.56 Å². The Labute approximate surface area is 199 Å². The molecule has 3 aliphatic rings. The molecule has 2 heterocycles. The molecule has 2 aliphatic heterocycles. The summed E-state index contributed by atoms with van der Waals surface area (Å²) in [7, 11) is 4.07. The van der Waals surface area contributed by atoms with Gasteiger partial charge in [-0.3, -0.25) is 4.79 Å². The van der Waals surface area contributed by atoms with Gasteiger partial charge in [-0.25, -0.2) is 0 Å². The summed E-state index contributed by atoms with van der Waals surface area (Å²) in [5.74, 6) is 1.76. The Morgan fingerprint density at radius 2 is 1.59 bits per heavy atom. The number of carbonyl (C=O) groups is 1. The average Bonchev–Trinajstić information content (AvgIpc) is 3.24. The summed E-state index contributed by atoms with van der Waals surface area (Å²) in [4.78, 5) is 15.8. The van der Waals surface area contributed by atoms with Crippen molar-refractivity contribution in [1.82, 2.24) is 0 Å². The van der Waals surface area contributed by atoms with Crippen LogP contribution in [0.15, 0.2) is 78.0 Å². The van der Waals surface area contributed by atoms with Crippen LogP contribution in [0.2, 0.25) is 0 Å². The van der Waals surface area contributed by atoms with Gasteiger partial charge in [-0.15, -0.1) is 0 Å². The lowest BCUT2D eigenvalue weighted by molar-refractivity contribution is -0.116. The minimum atomic E-state index is -0.273. The maximum atomic E-state index is 13.7. The maximum absolute atomic E-state index is 13.7. The first-order chi connectivity index (χ1) is 16.6. The highest BCUT2D eigenvalue weighted by Crippen LogP contribution is 2.45. The molecule has 0 saturated heterocycles. The number of allylic oxidation sites excluding steroid dienone is 1. The number of carbonyl (C=O) groups excluding carboxylic acids is 1. The Morgan fingerprint density at radius 3 is 2.38 bits per heavy atom. The second-order valence-corrected chi connectivity index (χ2v) is 9.27. The number of nitrogens with zero attached hydrogens (tertiary/aromatic N) is 1. The minimum absolute atomic E-state index is 0.137. The fraction of sp³-hybridized carbons (Fsp3) is 0.250. The van der Waals surface area contributed by atoms with E-state index in [1.54, 1.807) is 0 Å². The van der Waals surface area contributed by atoms with E-state index in [-0.39, 0.29) is 24.5 Å². The van der Waals surface area contributed by atoms with Crippen molar-refractivity contribution in [3.05, 3.63) is 89.1 Å². The molecule has 3 aromatic carbocycles. The van der Waals surface area contributed by atoms with Crippen molar-refractivity contribution in [2.75, 3.05) is 36.4 Å². The van der Waals surface area contributed by atoms with Gasteiger partial charge in [0.05, 0.1) is 17.4 Å². The molecule has 6 nitrogen and oxygen atoms in total. The number of para-hydroxylation sites is 2. The summed E-state index contributed by atoms with van der Waals surface area (Å²) in [5, 5.41) is 7.23. The Hall–Kier alpha value is -3.93. The molecule has 6 rings (SSSR count). The van der Waals surface area contributed by atoms with Crippen LogP contribution >= 0.6 is 0 Å². The van der Waals surface area contributed by atoms with Gasteiger partial charge in [-0.1, -0.05) is 30.3 Å². The van der Waals surface area contributed by atoms with Gasteiger partial charge in [0.1, 0.15) is 0 Å². The van der Waals surface area contributed by atoms with Crippen molar-refractivity contribution in [2.45, 2.75) is 24.8 Å². The van der Waals surface area contributed by atoms with Crippen LogP contribution in [0.25, 0.3) is 0 Å². The molecule has 0 radical (unpaired) electrons. The van der Waals surface area contributed by atoms with Crippen LogP contribution in [0.4, 0.5) is 17.1 Å². The first-order valence-electron chi connectivity index (χ1n) is 11.6. The van der Waals surface area contributed by atoms with Gasteiger partial charge in [0, 0.05) is 37.5 Å². The third-order valence-electron chi connectivity index (χ3n) is 6.92. The SMILES string of the molecule is CN(C)c1ccc([C@H]2CC(=O)C3=C(C2)Nc2ccccc2N[C@H]3c2ccc3c(c2)OCO3)cc1. The molecule has 0 amide bonds. The quantitative estimate of drug-likeness (QED) is 0.549. The predicted octanol–water partition coefficient (Wildman–Crippen LogP) is 5.46. The summed E-state index contributed by atoms with van der Waals surface area (Å²) in [6.45, 7) is 0.225. The molecule has 0 saturated carbocycles. The summed E-state index contributed by atoms with van der Waals surface area (Å²) in [6.07, 6.45) is 1.26. The molecule has 2 atom stereocenters. The third kappa shape index (κ3) is 3.55. The Kier molecular flexibility index (Phi) is 4.94. The Balaban J connectivity index is 1.41. The lowest BCUT2D eigenvalue weighted by atomic mass is 9.78. The van der Waals surface area contributed by atoms with Gasteiger partial charge in [0.25, 0.3) is 0 Å². The fourth-order valence-electron chi connectivity index (χ4n) is 5.12. The van der Waals surface area contributed by atoms with E-state index in [9.17, 15) is 4.79 Å². The smallest absolute Gasteiger partial charge is 0.231 e. The second-order valence-electron chi connectivity index (χ2n) is 9.27. The standard InChI is InChI=1S/C28H27N3O3/c1-31(2)20-10-7-17(8-11-20)19-13-23-27(24(32)14-19)28(30-22-6-4-3-5-21(22)29-23)18-9-12-25-26(15-18)34-16-33-25/h3-12,15,19,28-30H,13-14,16H2,1-2H3/t19-,28+/m1/s1. The normalized spacial score (nSPS) is 20.6. The second kappa shape index (κ2) is 8.13. The molecule has 3 aromatic rings. The fourth-order valence-corrected chi connectivity index (χ4v) is 5.12. The number of Topliss-reactive ketones (excluding diaryl/α,β-unsaturated/α-hetero) is 1. The molecule has 6 heteroatoms. The number of ether oxygens (including phenoxy) is 2. The third-order valence-corrected chi connectivity index (χ3v) is 6.92. The topological polar surface area (TPSA) is 62.8 Å². The molecule has 1 aliphatic carbocycles. The highest BCUT2D eigenvalue weighted by Gasteiger charge is 2.36.